The molecule has 7 nitrogen and oxygen atoms in total. The van der Waals surface area contributed by atoms with Gasteiger partial charge in [0.15, 0.2) is 23.5 Å². The van der Waals surface area contributed by atoms with Gasteiger partial charge in [-0.05, 0) is 62.5 Å². The molecule has 5 rings (SSSR count). The zero-order valence-electron chi connectivity index (χ0n) is 20.2. The molecule has 1 saturated heterocycles. The van der Waals surface area contributed by atoms with E-state index in [2.05, 4.69) is 6.92 Å². The average molecular weight is 472 g/mol. The average Bonchev–Trinajstić information content (AvgIpc) is 3.25. The number of carbonyl (C=O) groups excluding carboxylic acids is 3. The Kier molecular flexibility index (Phi) is 5.69. The molecule has 5 aliphatic rings. The summed E-state index contributed by atoms with van der Waals surface area (Å²) in [6.45, 7) is 6.19. The third-order valence-corrected chi connectivity index (χ3v) is 9.78. The molecule has 0 amide bonds. The summed E-state index contributed by atoms with van der Waals surface area (Å²) < 4.78 is 12.8. The summed E-state index contributed by atoms with van der Waals surface area (Å²) in [5, 5.41) is 22.8. The van der Waals surface area contributed by atoms with Crippen LogP contribution in [0.3, 0.4) is 0 Å². The second-order valence-electron chi connectivity index (χ2n) is 11.4. The fourth-order valence-corrected chi connectivity index (χ4v) is 8.41. The number of ketones is 2. The number of carbonyl (C=O) groups is 3. The van der Waals surface area contributed by atoms with E-state index in [1.807, 2.05) is 19.9 Å². The van der Waals surface area contributed by atoms with E-state index < -0.39 is 40.9 Å². The van der Waals surface area contributed by atoms with Crippen LogP contribution < -0.4 is 5.11 Å². The van der Waals surface area contributed by atoms with Gasteiger partial charge in [0.25, 0.3) is 0 Å². The molecule has 0 radical (unpaired) electrons. The van der Waals surface area contributed by atoms with Gasteiger partial charge in [0.1, 0.15) is 0 Å². The lowest BCUT2D eigenvalue weighted by Gasteiger charge is -2.59. The zero-order chi connectivity index (χ0) is 24.5. The predicted octanol–water partition coefficient (Wildman–Crippen LogP) is 2.25. The van der Waals surface area contributed by atoms with E-state index in [1.54, 1.807) is 12.2 Å². The van der Waals surface area contributed by atoms with Crippen molar-refractivity contribution in [2.45, 2.75) is 96.2 Å². The van der Waals surface area contributed by atoms with Crippen molar-refractivity contribution < 1.29 is 34.1 Å². The summed E-state index contributed by atoms with van der Waals surface area (Å²) in [5.41, 5.74) is -1.24. The molecular formula is C27H35O7-. The zero-order valence-corrected chi connectivity index (χ0v) is 20.2. The molecule has 0 aromatic rings. The van der Waals surface area contributed by atoms with E-state index in [9.17, 15) is 24.6 Å². The molecule has 1 heterocycles. The topological polar surface area (TPSA) is 113 Å². The minimum Gasteiger partial charge on any atom is -0.550 e. The van der Waals surface area contributed by atoms with Gasteiger partial charge in [-0.1, -0.05) is 38.8 Å². The maximum absolute atomic E-state index is 13.7. The van der Waals surface area contributed by atoms with E-state index in [0.717, 1.165) is 24.8 Å². The van der Waals surface area contributed by atoms with Crippen molar-refractivity contribution in [1.29, 1.82) is 0 Å². The lowest BCUT2D eigenvalue weighted by atomic mass is 9.46. The molecule has 4 fully saturated rings. The number of carboxylic acids is 1. The van der Waals surface area contributed by atoms with Crippen LogP contribution in [0.25, 0.3) is 0 Å². The molecule has 1 aliphatic heterocycles. The molecule has 7 heteroatoms. The summed E-state index contributed by atoms with van der Waals surface area (Å²) in [7, 11) is 0. The molecule has 1 N–H and O–H groups in total. The Labute approximate surface area is 200 Å². The first-order chi connectivity index (χ1) is 16.1. The summed E-state index contributed by atoms with van der Waals surface area (Å²) in [4.78, 5) is 36.9. The molecule has 4 aliphatic carbocycles. The Hall–Kier alpha value is -1.83. The summed E-state index contributed by atoms with van der Waals surface area (Å²) >= 11 is 0. The Morgan fingerprint density at radius 2 is 2.03 bits per heavy atom. The monoisotopic (exact) mass is 471 g/mol. The number of aliphatic hydroxyl groups excluding tert-OH is 1. The third kappa shape index (κ3) is 3.16. The van der Waals surface area contributed by atoms with E-state index in [0.29, 0.717) is 19.3 Å². The first kappa shape index (κ1) is 23.9. The fraction of sp³-hybridized carbons (Fsp3) is 0.741. The van der Waals surface area contributed by atoms with Crippen molar-refractivity contribution in [2.24, 2.45) is 28.6 Å². The lowest BCUT2D eigenvalue weighted by Crippen LogP contribution is -2.63. The molecule has 9 atom stereocenters. The van der Waals surface area contributed by atoms with Crippen molar-refractivity contribution >= 4 is 17.5 Å². The van der Waals surface area contributed by atoms with Gasteiger partial charge in [-0.15, -0.1) is 0 Å². The minimum absolute atomic E-state index is 0.00213. The first-order valence-corrected chi connectivity index (χ1v) is 12.8. The number of hydrogen-bond acceptors (Lipinski definition) is 7. The van der Waals surface area contributed by atoms with Crippen LogP contribution in [-0.4, -0.2) is 46.7 Å². The van der Waals surface area contributed by atoms with Crippen LogP contribution in [0.1, 0.15) is 72.1 Å². The highest BCUT2D eigenvalue weighted by Gasteiger charge is 2.75. The van der Waals surface area contributed by atoms with Gasteiger partial charge in [0, 0.05) is 29.1 Å². The maximum atomic E-state index is 13.7. The number of hydrogen-bond donors (Lipinski definition) is 1. The molecule has 0 bridgehead atoms. The number of aliphatic carboxylic acids is 1. The Morgan fingerprint density at radius 3 is 2.74 bits per heavy atom. The van der Waals surface area contributed by atoms with Gasteiger partial charge in [-0.3, -0.25) is 9.59 Å². The van der Waals surface area contributed by atoms with E-state index in [-0.39, 0.29) is 42.2 Å². The summed E-state index contributed by atoms with van der Waals surface area (Å²) in [5.74, 6) is -1.34. The van der Waals surface area contributed by atoms with Crippen LogP contribution in [0.4, 0.5) is 0 Å². The van der Waals surface area contributed by atoms with Crippen molar-refractivity contribution in [3.63, 3.8) is 0 Å². The standard InChI is InChI=1S/C27H36O7/c1-4-5-23-33-21-13-18-17-7-6-15-12-16(28)10-11-25(15,2)24(17)19(29)14-26(18,3)27(21,34-23)20(30)8-9-22(31)32/h10-12,17-19,21,23-24,29H,4-9,13-14H2,1-3H3,(H,31,32)/p-1/t17-,18-,19-,21+,23?,24+,25-,26-,27+/m0/s1. The minimum atomic E-state index is -1.26. The largest absolute Gasteiger partial charge is 0.550 e. The normalized spacial score (nSPS) is 46.8. The molecule has 0 spiro atoms. The highest BCUT2D eigenvalue weighted by Crippen LogP contribution is 2.69. The lowest BCUT2D eigenvalue weighted by molar-refractivity contribution is -0.305. The Bertz CT molecular complexity index is 968. The van der Waals surface area contributed by atoms with Crippen LogP contribution in [0.5, 0.6) is 0 Å². The van der Waals surface area contributed by atoms with Crippen molar-refractivity contribution in [2.75, 3.05) is 0 Å². The van der Waals surface area contributed by atoms with Crippen LogP contribution >= 0.6 is 0 Å². The Balaban J connectivity index is 1.53. The highest BCUT2D eigenvalue weighted by molar-refractivity contribution is 6.01. The summed E-state index contributed by atoms with van der Waals surface area (Å²) in [6.07, 6.45) is 7.30. The molecular weight excluding hydrogens is 436 g/mol. The molecule has 34 heavy (non-hydrogen) atoms. The van der Waals surface area contributed by atoms with Crippen molar-refractivity contribution in [3.8, 4) is 0 Å². The van der Waals surface area contributed by atoms with Crippen LogP contribution in [0.2, 0.25) is 0 Å². The fourth-order valence-electron chi connectivity index (χ4n) is 8.41. The van der Waals surface area contributed by atoms with Crippen LogP contribution in [0, 0.1) is 28.6 Å². The third-order valence-electron chi connectivity index (χ3n) is 9.78. The van der Waals surface area contributed by atoms with Gasteiger partial charge in [-0.2, -0.15) is 0 Å². The second kappa shape index (κ2) is 8.10. The number of fused-ring (bicyclic) bond motifs is 7. The van der Waals surface area contributed by atoms with Gasteiger partial charge >= 0.3 is 0 Å². The number of aliphatic hydroxyl groups is 1. The number of carboxylic acid groups (broad SMARTS) is 1. The Morgan fingerprint density at radius 1 is 1.26 bits per heavy atom. The number of Topliss-reactive ketones (excluding diaryl/α,β-unsaturated/α-hetero) is 1. The molecule has 1 unspecified atom stereocenters. The molecule has 3 saturated carbocycles. The number of rotatable bonds is 6. The van der Waals surface area contributed by atoms with Gasteiger partial charge in [0.2, 0.25) is 0 Å². The van der Waals surface area contributed by atoms with Gasteiger partial charge in [-0.25, -0.2) is 0 Å². The number of allylic oxidation sites excluding steroid dienone is 4. The quantitative estimate of drug-likeness (QED) is 0.632. The maximum Gasteiger partial charge on any atom is 0.178 e. The molecule has 0 aromatic heterocycles. The van der Waals surface area contributed by atoms with Crippen molar-refractivity contribution in [3.05, 3.63) is 23.8 Å². The second-order valence-corrected chi connectivity index (χ2v) is 11.4. The van der Waals surface area contributed by atoms with Crippen LogP contribution in [-0.2, 0) is 23.9 Å². The predicted molar refractivity (Wildman–Crippen MR) is 120 cm³/mol. The number of ether oxygens (including phenoxy) is 2. The smallest absolute Gasteiger partial charge is 0.178 e. The highest BCUT2D eigenvalue weighted by atomic mass is 16.7. The van der Waals surface area contributed by atoms with Gasteiger partial charge in [0.05, 0.1) is 12.2 Å². The van der Waals surface area contributed by atoms with Gasteiger partial charge < -0.3 is 24.5 Å². The molecule has 186 valence electrons. The SMILES string of the molecule is CCCC1O[C@@H]2C[C@H]3[C@@H]4CCC5=CC(=O)C=C[C@]5(C)[C@H]4[C@@H](O)C[C@]3(C)[C@]2(C(=O)CCC(=O)[O-])O1. The first-order valence-electron chi connectivity index (χ1n) is 12.8. The van der Waals surface area contributed by atoms with E-state index >= 15 is 0 Å². The molecule has 0 aromatic carbocycles. The summed E-state index contributed by atoms with van der Waals surface area (Å²) in [6, 6.07) is 0. The van der Waals surface area contributed by atoms with Crippen molar-refractivity contribution in [1.82, 2.24) is 0 Å². The van der Waals surface area contributed by atoms with E-state index in [1.165, 1.54) is 0 Å². The van der Waals surface area contributed by atoms with E-state index in [4.69, 9.17) is 9.47 Å². The van der Waals surface area contributed by atoms with Crippen LogP contribution in [0.15, 0.2) is 23.8 Å².